The first-order valence-electron chi connectivity index (χ1n) is 5.50. The standard InChI is InChI=1S/C14H9BrClF3/c15-12-6-9(17)3-4-11(12)13(16)5-8-1-2-10(18)7-14(8)19/h1-4,6-7,13H,5H2. The first-order valence-corrected chi connectivity index (χ1v) is 6.73. The third kappa shape index (κ3) is 3.51. The van der Waals surface area contributed by atoms with Crippen molar-refractivity contribution in [3.8, 4) is 0 Å². The largest absolute Gasteiger partial charge is 0.207 e. The van der Waals surface area contributed by atoms with Crippen LogP contribution in [0.5, 0.6) is 0 Å². The SMILES string of the molecule is Fc1ccc(CC(Cl)c2ccc(F)cc2Br)c(F)c1. The molecule has 0 bridgehead atoms. The van der Waals surface area contributed by atoms with Crippen LogP contribution in [-0.2, 0) is 6.42 Å². The first-order chi connectivity index (χ1) is 8.97. The Kier molecular flexibility index (Phi) is 4.53. The Bertz CT molecular complexity index is 601. The summed E-state index contributed by atoms with van der Waals surface area (Å²) in [4.78, 5) is 0. The zero-order valence-electron chi connectivity index (χ0n) is 9.64. The van der Waals surface area contributed by atoms with Gasteiger partial charge < -0.3 is 0 Å². The molecule has 1 unspecified atom stereocenters. The molecule has 1 atom stereocenters. The van der Waals surface area contributed by atoms with E-state index >= 15 is 0 Å². The van der Waals surface area contributed by atoms with Crippen LogP contribution in [0.2, 0.25) is 0 Å². The molecular formula is C14H9BrClF3. The van der Waals surface area contributed by atoms with E-state index in [1.54, 1.807) is 6.07 Å². The number of hydrogen-bond acceptors (Lipinski definition) is 0. The van der Waals surface area contributed by atoms with Crippen molar-refractivity contribution in [1.29, 1.82) is 0 Å². The average Bonchev–Trinajstić information content (AvgIpc) is 2.32. The zero-order chi connectivity index (χ0) is 14.0. The predicted octanol–water partition coefficient (Wildman–Crippen LogP) is 5.39. The van der Waals surface area contributed by atoms with Crippen LogP contribution in [0.3, 0.4) is 0 Å². The van der Waals surface area contributed by atoms with Gasteiger partial charge in [0.05, 0.1) is 5.38 Å². The fourth-order valence-corrected chi connectivity index (χ4v) is 2.86. The van der Waals surface area contributed by atoms with Gasteiger partial charge >= 0.3 is 0 Å². The Morgan fingerprint density at radius 1 is 1.00 bits per heavy atom. The number of rotatable bonds is 3. The van der Waals surface area contributed by atoms with Gasteiger partial charge in [-0.2, -0.15) is 0 Å². The summed E-state index contributed by atoms with van der Waals surface area (Å²) in [5.74, 6) is -1.65. The molecule has 2 aromatic carbocycles. The molecule has 0 radical (unpaired) electrons. The van der Waals surface area contributed by atoms with Gasteiger partial charge in [-0.05, 0) is 35.7 Å². The van der Waals surface area contributed by atoms with Crippen LogP contribution < -0.4 is 0 Å². The zero-order valence-corrected chi connectivity index (χ0v) is 12.0. The van der Waals surface area contributed by atoms with Gasteiger partial charge in [0, 0.05) is 10.5 Å². The molecule has 100 valence electrons. The normalized spacial score (nSPS) is 12.5. The maximum atomic E-state index is 13.5. The van der Waals surface area contributed by atoms with Crippen LogP contribution in [0.15, 0.2) is 40.9 Å². The molecule has 0 aliphatic rings. The van der Waals surface area contributed by atoms with E-state index < -0.39 is 17.0 Å². The van der Waals surface area contributed by atoms with E-state index in [1.165, 1.54) is 24.3 Å². The van der Waals surface area contributed by atoms with E-state index in [9.17, 15) is 13.2 Å². The highest BCUT2D eigenvalue weighted by molar-refractivity contribution is 9.10. The van der Waals surface area contributed by atoms with Crippen molar-refractivity contribution < 1.29 is 13.2 Å². The van der Waals surface area contributed by atoms with Crippen LogP contribution in [0.25, 0.3) is 0 Å². The number of halogens is 5. The smallest absolute Gasteiger partial charge is 0.129 e. The van der Waals surface area contributed by atoms with Crippen LogP contribution in [0, 0.1) is 17.5 Å². The van der Waals surface area contributed by atoms with Crippen molar-refractivity contribution in [3.05, 3.63) is 69.4 Å². The highest BCUT2D eigenvalue weighted by Gasteiger charge is 2.15. The summed E-state index contributed by atoms with van der Waals surface area (Å²) in [5, 5.41) is -0.532. The summed E-state index contributed by atoms with van der Waals surface area (Å²) in [7, 11) is 0. The van der Waals surface area contributed by atoms with E-state index in [2.05, 4.69) is 15.9 Å². The highest BCUT2D eigenvalue weighted by Crippen LogP contribution is 2.32. The minimum atomic E-state index is -0.635. The van der Waals surface area contributed by atoms with Crippen molar-refractivity contribution in [2.45, 2.75) is 11.8 Å². The van der Waals surface area contributed by atoms with Gasteiger partial charge in [0.2, 0.25) is 0 Å². The molecule has 0 nitrogen and oxygen atoms in total. The molecular weight excluding hydrogens is 341 g/mol. The van der Waals surface area contributed by atoms with Crippen molar-refractivity contribution in [2.75, 3.05) is 0 Å². The minimum Gasteiger partial charge on any atom is -0.207 e. The minimum absolute atomic E-state index is 0.192. The molecule has 2 rings (SSSR count). The molecule has 0 N–H and O–H groups in total. The number of benzene rings is 2. The lowest BCUT2D eigenvalue weighted by Crippen LogP contribution is -2.00. The summed E-state index contributed by atoms with van der Waals surface area (Å²) in [6.07, 6.45) is 0.192. The summed E-state index contributed by atoms with van der Waals surface area (Å²) >= 11 is 9.41. The van der Waals surface area contributed by atoms with Crippen molar-refractivity contribution >= 4 is 27.5 Å². The molecule has 0 spiro atoms. The van der Waals surface area contributed by atoms with Crippen LogP contribution in [0.1, 0.15) is 16.5 Å². The lowest BCUT2D eigenvalue weighted by atomic mass is 10.0. The molecule has 0 fully saturated rings. The Hall–Kier alpha value is -1.000. The van der Waals surface area contributed by atoms with Crippen molar-refractivity contribution in [1.82, 2.24) is 0 Å². The van der Waals surface area contributed by atoms with Gasteiger partial charge in [0.1, 0.15) is 17.5 Å². The van der Waals surface area contributed by atoms with E-state index in [1.807, 2.05) is 0 Å². The third-order valence-corrected chi connectivity index (χ3v) is 3.79. The van der Waals surface area contributed by atoms with Gasteiger partial charge in [0.25, 0.3) is 0 Å². The summed E-state index contributed by atoms with van der Waals surface area (Å²) in [6, 6.07) is 7.48. The Morgan fingerprint density at radius 2 is 1.63 bits per heavy atom. The lowest BCUT2D eigenvalue weighted by Gasteiger charge is -2.12. The monoisotopic (exact) mass is 348 g/mol. The first kappa shape index (κ1) is 14.4. The summed E-state index contributed by atoms with van der Waals surface area (Å²) < 4.78 is 39.8. The molecule has 19 heavy (non-hydrogen) atoms. The Morgan fingerprint density at radius 3 is 2.26 bits per heavy atom. The van der Waals surface area contributed by atoms with Crippen LogP contribution in [0.4, 0.5) is 13.2 Å². The Balaban J connectivity index is 2.23. The maximum absolute atomic E-state index is 13.5. The Labute approximate surface area is 122 Å². The van der Waals surface area contributed by atoms with E-state index in [-0.39, 0.29) is 12.2 Å². The second-order valence-electron chi connectivity index (χ2n) is 4.07. The maximum Gasteiger partial charge on any atom is 0.129 e. The molecule has 0 amide bonds. The molecule has 5 heteroatoms. The fourth-order valence-electron chi connectivity index (χ4n) is 1.75. The quantitative estimate of drug-likeness (QED) is 0.652. The van der Waals surface area contributed by atoms with Crippen LogP contribution in [-0.4, -0.2) is 0 Å². The van der Waals surface area contributed by atoms with E-state index in [0.717, 1.165) is 6.07 Å². The average molecular weight is 350 g/mol. The molecule has 0 aliphatic heterocycles. The van der Waals surface area contributed by atoms with Gasteiger partial charge in [-0.15, -0.1) is 11.6 Å². The van der Waals surface area contributed by atoms with Gasteiger partial charge in [-0.1, -0.05) is 28.1 Å². The van der Waals surface area contributed by atoms with Gasteiger partial charge in [-0.25, -0.2) is 13.2 Å². The molecule has 0 aliphatic carbocycles. The van der Waals surface area contributed by atoms with Gasteiger partial charge in [-0.3, -0.25) is 0 Å². The number of alkyl halides is 1. The van der Waals surface area contributed by atoms with E-state index in [4.69, 9.17) is 11.6 Å². The third-order valence-electron chi connectivity index (χ3n) is 2.71. The van der Waals surface area contributed by atoms with Crippen LogP contribution >= 0.6 is 27.5 Å². The predicted molar refractivity (Wildman–Crippen MR) is 72.8 cm³/mol. The molecule has 0 aromatic heterocycles. The molecule has 0 saturated carbocycles. The highest BCUT2D eigenvalue weighted by atomic mass is 79.9. The second kappa shape index (κ2) is 5.97. The number of hydrogen-bond donors (Lipinski definition) is 0. The van der Waals surface area contributed by atoms with E-state index in [0.29, 0.717) is 15.6 Å². The molecule has 2 aromatic rings. The molecule has 0 heterocycles. The topological polar surface area (TPSA) is 0 Å². The summed E-state index contributed by atoms with van der Waals surface area (Å²) in [5.41, 5.74) is 0.976. The summed E-state index contributed by atoms with van der Waals surface area (Å²) in [6.45, 7) is 0. The fraction of sp³-hybridized carbons (Fsp3) is 0.143. The lowest BCUT2D eigenvalue weighted by molar-refractivity contribution is 0.570. The van der Waals surface area contributed by atoms with Gasteiger partial charge in [0.15, 0.2) is 0 Å². The van der Waals surface area contributed by atoms with Crippen molar-refractivity contribution in [3.63, 3.8) is 0 Å². The van der Waals surface area contributed by atoms with Crippen molar-refractivity contribution in [2.24, 2.45) is 0 Å². The second-order valence-corrected chi connectivity index (χ2v) is 5.45. The molecule has 0 saturated heterocycles.